The monoisotopic (exact) mass is 310 g/mol. The Balaban J connectivity index is 2.36. The lowest BCUT2D eigenvalue weighted by Gasteiger charge is -2.05. The van der Waals surface area contributed by atoms with Crippen molar-refractivity contribution in [1.82, 2.24) is 0 Å². The third-order valence-electron chi connectivity index (χ3n) is 2.15. The molecular formula is C13H8BrFOS. The summed E-state index contributed by atoms with van der Waals surface area (Å²) in [4.78, 5) is 12.4. The quantitative estimate of drug-likeness (QED) is 0.773. The van der Waals surface area contributed by atoms with Gasteiger partial charge in [-0.1, -0.05) is 39.8 Å². The molecule has 0 aliphatic heterocycles. The molecule has 2 aromatic rings. The Morgan fingerprint density at radius 2 is 1.94 bits per heavy atom. The van der Waals surface area contributed by atoms with Crippen molar-refractivity contribution in [2.24, 2.45) is 0 Å². The number of hydrogen-bond donors (Lipinski definition) is 0. The van der Waals surface area contributed by atoms with E-state index in [0.29, 0.717) is 11.2 Å². The zero-order chi connectivity index (χ0) is 12.3. The average Bonchev–Trinajstić information content (AvgIpc) is 2.29. The first-order chi connectivity index (χ1) is 8.20. The van der Waals surface area contributed by atoms with Gasteiger partial charge in [0.15, 0.2) is 6.29 Å². The third-order valence-corrected chi connectivity index (χ3v) is 3.71. The van der Waals surface area contributed by atoms with E-state index in [1.165, 1.54) is 17.8 Å². The standard InChI is InChI=1S/C13H8BrFOS/c14-9-3-1-4-10(7-9)17-13-6-2-5-12(15)11(13)8-16/h1-8H. The van der Waals surface area contributed by atoms with Crippen LogP contribution >= 0.6 is 27.7 Å². The van der Waals surface area contributed by atoms with Gasteiger partial charge in [-0.15, -0.1) is 0 Å². The molecule has 0 spiro atoms. The summed E-state index contributed by atoms with van der Waals surface area (Å²) in [6, 6.07) is 12.3. The molecular weight excluding hydrogens is 303 g/mol. The Morgan fingerprint density at radius 1 is 1.18 bits per heavy atom. The number of halogens is 2. The summed E-state index contributed by atoms with van der Waals surface area (Å²) in [5.74, 6) is -0.486. The van der Waals surface area contributed by atoms with Crippen molar-refractivity contribution in [3.8, 4) is 0 Å². The Labute approximate surface area is 111 Å². The van der Waals surface area contributed by atoms with E-state index in [9.17, 15) is 9.18 Å². The van der Waals surface area contributed by atoms with Crippen molar-refractivity contribution in [2.75, 3.05) is 0 Å². The maximum absolute atomic E-state index is 13.4. The highest BCUT2D eigenvalue weighted by Gasteiger charge is 2.08. The lowest BCUT2D eigenvalue weighted by atomic mass is 10.2. The zero-order valence-electron chi connectivity index (χ0n) is 8.69. The lowest BCUT2D eigenvalue weighted by molar-refractivity contribution is 0.111. The maximum atomic E-state index is 13.4. The van der Waals surface area contributed by atoms with Crippen LogP contribution in [0.5, 0.6) is 0 Å². The number of aldehydes is 1. The predicted molar refractivity (Wildman–Crippen MR) is 70.1 cm³/mol. The Hall–Kier alpha value is -1.13. The summed E-state index contributed by atoms with van der Waals surface area (Å²) in [7, 11) is 0. The molecule has 0 N–H and O–H groups in total. The zero-order valence-corrected chi connectivity index (χ0v) is 11.1. The first-order valence-electron chi connectivity index (χ1n) is 4.88. The highest BCUT2D eigenvalue weighted by Crippen LogP contribution is 2.32. The van der Waals surface area contributed by atoms with E-state index in [2.05, 4.69) is 15.9 Å². The normalized spacial score (nSPS) is 10.2. The molecule has 0 aromatic heterocycles. The van der Waals surface area contributed by atoms with Gasteiger partial charge in [-0.3, -0.25) is 4.79 Å². The minimum absolute atomic E-state index is 0.109. The molecule has 2 aromatic carbocycles. The van der Waals surface area contributed by atoms with E-state index in [1.54, 1.807) is 12.1 Å². The highest BCUT2D eigenvalue weighted by atomic mass is 79.9. The smallest absolute Gasteiger partial charge is 0.154 e. The predicted octanol–water partition coefficient (Wildman–Crippen LogP) is 4.55. The van der Waals surface area contributed by atoms with Crippen LogP contribution in [0.25, 0.3) is 0 Å². The molecule has 86 valence electrons. The lowest BCUT2D eigenvalue weighted by Crippen LogP contribution is -1.90. The molecule has 0 aliphatic rings. The molecule has 0 heterocycles. The van der Waals surface area contributed by atoms with Gasteiger partial charge in [-0.25, -0.2) is 4.39 Å². The van der Waals surface area contributed by atoms with Gasteiger partial charge >= 0.3 is 0 Å². The largest absolute Gasteiger partial charge is 0.298 e. The molecule has 0 atom stereocenters. The Bertz CT molecular complexity index is 557. The van der Waals surface area contributed by atoms with Crippen LogP contribution in [0.2, 0.25) is 0 Å². The molecule has 0 saturated heterocycles. The van der Waals surface area contributed by atoms with Crippen molar-refractivity contribution in [1.29, 1.82) is 0 Å². The summed E-state index contributed by atoms with van der Waals surface area (Å²) in [6.45, 7) is 0. The van der Waals surface area contributed by atoms with Crippen LogP contribution in [0.4, 0.5) is 4.39 Å². The molecule has 0 amide bonds. The van der Waals surface area contributed by atoms with Crippen molar-refractivity contribution < 1.29 is 9.18 Å². The first-order valence-corrected chi connectivity index (χ1v) is 6.49. The van der Waals surface area contributed by atoms with Crippen molar-refractivity contribution in [3.05, 3.63) is 58.3 Å². The molecule has 0 bridgehead atoms. The second kappa shape index (κ2) is 5.47. The molecule has 2 rings (SSSR count). The van der Waals surface area contributed by atoms with Gasteiger partial charge in [-0.05, 0) is 30.3 Å². The second-order valence-electron chi connectivity index (χ2n) is 3.33. The molecule has 0 radical (unpaired) electrons. The minimum Gasteiger partial charge on any atom is -0.298 e. The Morgan fingerprint density at radius 3 is 2.65 bits per heavy atom. The first kappa shape index (κ1) is 12.3. The van der Waals surface area contributed by atoms with Crippen LogP contribution in [-0.4, -0.2) is 6.29 Å². The number of rotatable bonds is 3. The molecule has 4 heteroatoms. The highest BCUT2D eigenvalue weighted by molar-refractivity contribution is 9.10. The SMILES string of the molecule is O=Cc1c(F)cccc1Sc1cccc(Br)c1. The van der Waals surface area contributed by atoms with Gasteiger partial charge in [0.25, 0.3) is 0 Å². The molecule has 17 heavy (non-hydrogen) atoms. The molecule has 0 aliphatic carbocycles. The molecule has 0 unspecified atom stereocenters. The van der Waals surface area contributed by atoms with Gasteiger partial charge in [-0.2, -0.15) is 0 Å². The van der Waals surface area contributed by atoms with E-state index in [0.717, 1.165) is 9.37 Å². The van der Waals surface area contributed by atoms with Crippen LogP contribution in [0.1, 0.15) is 10.4 Å². The second-order valence-corrected chi connectivity index (χ2v) is 5.36. The van der Waals surface area contributed by atoms with Crippen LogP contribution in [0, 0.1) is 5.82 Å². The summed E-state index contributed by atoms with van der Waals surface area (Å²) in [5, 5.41) is 0. The number of hydrogen-bond acceptors (Lipinski definition) is 2. The summed E-state index contributed by atoms with van der Waals surface area (Å²) < 4.78 is 14.3. The van der Waals surface area contributed by atoms with E-state index >= 15 is 0 Å². The van der Waals surface area contributed by atoms with Gasteiger partial charge in [0.05, 0.1) is 5.56 Å². The van der Waals surface area contributed by atoms with Gasteiger partial charge in [0, 0.05) is 14.3 Å². The van der Waals surface area contributed by atoms with Gasteiger partial charge in [0.1, 0.15) is 5.82 Å². The van der Waals surface area contributed by atoms with Crippen molar-refractivity contribution >= 4 is 34.0 Å². The fraction of sp³-hybridized carbons (Fsp3) is 0. The summed E-state index contributed by atoms with van der Waals surface area (Å²) in [5.41, 5.74) is 0.109. The summed E-state index contributed by atoms with van der Waals surface area (Å²) >= 11 is 4.73. The van der Waals surface area contributed by atoms with Crippen molar-refractivity contribution in [2.45, 2.75) is 9.79 Å². The van der Waals surface area contributed by atoms with Crippen molar-refractivity contribution in [3.63, 3.8) is 0 Å². The summed E-state index contributed by atoms with van der Waals surface area (Å²) in [6.07, 6.45) is 0.551. The van der Waals surface area contributed by atoms with Crippen LogP contribution < -0.4 is 0 Å². The van der Waals surface area contributed by atoms with Crippen LogP contribution in [-0.2, 0) is 0 Å². The van der Waals surface area contributed by atoms with Gasteiger partial charge < -0.3 is 0 Å². The number of benzene rings is 2. The third kappa shape index (κ3) is 2.96. The number of carbonyl (C=O) groups is 1. The van der Waals surface area contributed by atoms with E-state index in [1.807, 2.05) is 24.3 Å². The fourth-order valence-corrected chi connectivity index (χ4v) is 2.92. The molecule has 0 saturated carbocycles. The van der Waals surface area contributed by atoms with E-state index < -0.39 is 5.82 Å². The number of carbonyl (C=O) groups excluding carboxylic acids is 1. The minimum atomic E-state index is -0.486. The molecule has 0 fully saturated rings. The topological polar surface area (TPSA) is 17.1 Å². The van der Waals surface area contributed by atoms with Crippen LogP contribution in [0.15, 0.2) is 56.7 Å². The average molecular weight is 311 g/mol. The Kier molecular flexibility index (Phi) is 3.97. The fourth-order valence-electron chi connectivity index (χ4n) is 1.38. The van der Waals surface area contributed by atoms with E-state index in [4.69, 9.17) is 0 Å². The molecule has 1 nitrogen and oxygen atoms in total. The van der Waals surface area contributed by atoms with E-state index in [-0.39, 0.29) is 5.56 Å². The van der Waals surface area contributed by atoms with Gasteiger partial charge in [0.2, 0.25) is 0 Å². The van der Waals surface area contributed by atoms with Crippen LogP contribution in [0.3, 0.4) is 0 Å². The maximum Gasteiger partial charge on any atom is 0.154 e.